The molecule has 1 heterocycles. The third-order valence-electron chi connectivity index (χ3n) is 2.59. The van der Waals surface area contributed by atoms with Gasteiger partial charge in [0.15, 0.2) is 0 Å². The van der Waals surface area contributed by atoms with E-state index < -0.39 is 17.5 Å². The first kappa shape index (κ1) is 14.5. The molecule has 1 aliphatic heterocycles. The Morgan fingerprint density at radius 1 is 0.944 bits per heavy atom. The van der Waals surface area contributed by atoms with Gasteiger partial charge in [-0.25, -0.2) is 4.79 Å². The molecule has 18 heavy (non-hydrogen) atoms. The molecular formula is C12H20N2O4. The highest BCUT2D eigenvalue weighted by atomic mass is 16.6. The summed E-state index contributed by atoms with van der Waals surface area (Å²) in [7, 11) is 0. The van der Waals surface area contributed by atoms with E-state index in [1.54, 1.807) is 25.7 Å². The summed E-state index contributed by atoms with van der Waals surface area (Å²) in [4.78, 5) is 37.6. The molecule has 6 nitrogen and oxygen atoms in total. The van der Waals surface area contributed by atoms with Crippen molar-refractivity contribution in [3.63, 3.8) is 0 Å². The zero-order valence-corrected chi connectivity index (χ0v) is 11.4. The molecule has 0 spiro atoms. The van der Waals surface area contributed by atoms with Crippen molar-refractivity contribution < 1.29 is 19.1 Å². The molecule has 0 radical (unpaired) electrons. The number of piperazine rings is 1. The summed E-state index contributed by atoms with van der Waals surface area (Å²) in [6.45, 7) is 8.30. The highest BCUT2D eigenvalue weighted by Crippen LogP contribution is 2.09. The van der Waals surface area contributed by atoms with E-state index in [9.17, 15) is 14.4 Å². The third-order valence-corrected chi connectivity index (χ3v) is 2.59. The normalized spacial score (nSPS) is 16.4. The van der Waals surface area contributed by atoms with Crippen LogP contribution < -0.4 is 0 Å². The van der Waals surface area contributed by atoms with Gasteiger partial charge >= 0.3 is 11.9 Å². The number of esters is 1. The SMILES string of the molecule is CC(=O)N1CCN(C(=O)C(=O)OC(C)(C)C)CC1. The molecule has 0 aromatic carbocycles. The molecule has 0 bridgehead atoms. The van der Waals surface area contributed by atoms with Gasteiger partial charge in [0.2, 0.25) is 5.91 Å². The Bertz CT molecular complexity index is 352. The van der Waals surface area contributed by atoms with E-state index in [0.29, 0.717) is 26.2 Å². The van der Waals surface area contributed by atoms with Gasteiger partial charge in [-0.1, -0.05) is 0 Å². The van der Waals surface area contributed by atoms with Crippen LogP contribution in [0.15, 0.2) is 0 Å². The van der Waals surface area contributed by atoms with E-state index in [1.807, 2.05) is 0 Å². The fourth-order valence-electron chi connectivity index (χ4n) is 1.68. The predicted molar refractivity (Wildman–Crippen MR) is 64.7 cm³/mol. The predicted octanol–water partition coefficient (Wildman–Crippen LogP) is 0.0188. The van der Waals surface area contributed by atoms with Crippen molar-refractivity contribution in [1.29, 1.82) is 0 Å². The van der Waals surface area contributed by atoms with Gasteiger partial charge in [-0.3, -0.25) is 9.59 Å². The van der Waals surface area contributed by atoms with E-state index in [2.05, 4.69) is 0 Å². The van der Waals surface area contributed by atoms with E-state index >= 15 is 0 Å². The summed E-state index contributed by atoms with van der Waals surface area (Å²) in [6, 6.07) is 0. The molecule has 102 valence electrons. The number of ether oxygens (including phenoxy) is 1. The highest BCUT2D eigenvalue weighted by molar-refractivity contribution is 6.32. The number of carbonyl (C=O) groups excluding carboxylic acids is 3. The lowest BCUT2D eigenvalue weighted by Gasteiger charge is -2.34. The van der Waals surface area contributed by atoms with Crippen LogP contribution in [0.2, 0.25) is 0 Å². The van der Waals surface area contributed by atoms with Gasteiger partial charge in [0, 0.05) is 33.1 Å². The minimum Gasteiger partial charge on any atom is -0.453 e. The second kappa shape index (κ2) is 5.37. The van der Waals surface area contributed by atoms with Gasteiger partial charge < -0.3 is 14.5 Å². The van der Waals surface area contributed by atoms with Crippen molar-refractivity contribution in [2.24, 2.45) is 0 Å². The van der Waals surface area contributed by atoms with Gasteiger partial charge in [0.25, 0.3) is 0 Å². The van der Waals surface area contributed by atoms with Crippen LogP contribution >= 0.6 is 0 Å². The molecule has 2 amide bonds. The van der Waals surface area contributed by atoms with E-state index in [0.717, 1.165) is 0 Å². The van der Waals surface area contributed by atoms with Crippen LogP contribution in [0.3, 0.4) is 0 Å². The fraction of sp³-hybridized carbons (Fsp3) is 0.750. The standard InChI is InChI=1S/C12H20N2O4/c1-9(15)13-5-7-14(8-6-13)10(16)11(17)18-12(2,3)4/h5-8H2,1-4H3. The van der Waals surface area contributed by atoms with Crippen molar-refractivity contribution in [1.82, 2.24) is 9.80 Å². The molecule has 1 rings (SSSR count). The Kier molecular flexibility index (Phi) is 4.32. The molecule has 0 atom stereocenters. The highest BCUT2D eigenvalue weighted by Gasteiger charge is 2.30. The van der Waals surface area contributed by atoms with E-state index in [-0.39, 0.29) is 5.91 Å². The van der Waals surface area contributed by atoms with Crippen molar-refractivity contribution in [3.05, 3.63) is 0 Å². The number of carbonyl (C=O) groups is 3. The molecule has 0 aromatic heterocycles. The van der Waals surface area contributed by atoms with Crippen LogP contribution in [0.1, 0.15) is 27.7 Å². The Labute approximate surface area is 107 Å². The minimum atomic E-state index is -0.834. The van der Waals surface area contributed by atoms with Crippen LogP contribution in [0.25, 0.3) is 0 Å². The number of hydrogen-bond acceptors (Lipinski definition) is 4. The number of amides is 2. The lowest BCUT2D eigenvalue weighted by Crippen LogP contribution is -2.52. The molecule has 0 unspecified atom stereocenters. The van der Waals surface area contributed by atoms with E-state index in [1.165, 1.54) is 11.8 Å². The van der Waals surface area contributed by atoms with Crippen LogP contribution in [0.5, 0.6) is 0 Å². The summed E-state index contributed by atoms with van der Waals surface area (Å²) in [6.07, 6.45) is 0. The molecule has 0 N–H and O–H groups in total. The quantitative estimate of drug-likeness (QED) is 0.452. The molecule has 0 aromatic rings. The molecular weight excluding hydrogens is 236 g/mol. The number of nitrogens with zero attached hydrogens (tertiary/aromatic N) is 2. The van der Waals surface area contributed by atoms with Gasteiger partial charge in [0.1, 0.15) is 5.60 Å². The van der Waals surface area contributed by atoms with Crippen LogP contribution in [0, 0.1) is 0 Å². The summed E-state index contributed by atoms with van der Waals surface area (Å²) in [5.41, 5.74) is -0.673. The zero-order chi connectivity index (χ0) is 13.9. The van der Waals surface area contributed by atoms with Crippen molar-refractivity contribution in [2.75, 3.05) is 26.2 Å². The Balaban J connectivity index is 2.50. The lowest BCUT2D eigenvalue weighted by atomic mass is 10.2. The van der Waals surface area contributed by atoms with Crippen molar-refractivity contribution in [3.8, 4) is 0 Å². The Morgan fingerprint density at radius 3 is 1.78 bits per heavy atom. The first-order chi connectivity index (χ1) is 8.20. The molecule has 0 aliphatic carbocycles. The Morgan fingerprint density at radius 2 is 1.39 bits per heavy atom. The third kappa shape index (κ3) is 4.01. The zero-order valence-electron chi connectivity index (χ0n) is 11.4. The van der Waals surface area contributed by atoms with Gasteiger partial charge in [-0.2, -0.15) is 0 Å². The second-order valence-corrected chi connectivity index (χ2v) is 5.30. The molecule has 1 aliphatic rings. The van der Waals surface area contributed by atoms with Gasteiger partial charge in [0.05, 0.1) is 0 Å². The van der Waals surface area contributed by atoms with Crippen molar-refractivity contribution >= 4 is 17.8 Å². The molecule has 1 fully saturated rings. The van der Waals surface area contributed by atoms with Crippen LogP contribution in [0.4, 0.5) is 0 Å². The maximum Gasteiger partial charge on any atom is 0.397 e. The molecule has 6 heteroatoms. The summed E-state index contributed by atoms with van der Waals surface area (Å²) < 4.78 is 5.02. The lowest BCUT2D eigenvalue weighted by molar-refractivity contribution is -0.168. The fourth-order valence-corrected chi connectivity index (χ4v) is 1.68. The van der Waals surface area contributed by atoms with Gasteiger partial charge in [-0.05, 0) is 20.8 Å². The maximum absolute atomic E-state index is 11.8. The largest absolute Gasteiger partial charge is 0.453 e. The smallest absolute Gasteiger partial charge is 0.397 e. The van der Waals surface area contributed by atoms with Crippen LogP contribution in [-0.2, 0) is 19.1 Å². The van der Waals surface area contributed by atoms with Crippen LogP contribution in [-0.4, -0.2) is 59.4 Å². The first-order valence-corrected chi connectivity index (χ1v) is 5.98. The van der Waals surface area contributed by atoms with E-state index in [4.69, 9.17) is 4.74 Å². The average molecular weight is 256 g/mol. The summed E-state index contributed by atoms with van der Waals surface area (Å²) in [5.74, 6) is -1.48. The molecule has 0 saturated carbocycles. The Hall–Kier alpha value is -1.59. The van der Waals surface area contributed by atoms with Gasteiger partial charge in [-0.15, -0.1) is 0 Å². The minimum absolute atomic E-state index is 0.0145. The monoisotopic (exact) mass is 256 g/mol. The van der Waals surface area contributed by atoms with Crippen molar-refractivity contribution in [2.45, 2.75) is 33.3 Å². The summed E-state index contributed by atoms with van der Waals surface area (Å²) >= 11 is 0. The average Bonchev–Trinajstić information content (AvgIpc) is 2.26. The molecule has 1 saturated heterocycles. The maximum atomic E-state index is 11.8. The number of hydrogen-bond donors (Lipinski definition) is 0. The summed E-state index contributed by atoms with van der Waals surface area (Å²) in [5, 5.41) is 0. The second-order valence-electron chi connectivity index (χ2n) is 5.30. The first-order valence-electron chi connectivity index (χ1n) is 5.98. The number of rotatable bonds is 0. The topological polar surface area (TPSA) is 66.9 Å².